The van der Waals surface area contributed by atoms with Crippen LogP contribution in [0.1, 0.15) is 203 Å². The summed E-state index contributed by atoms with van der Waals surface area (Å²) in [5.41, 5.74) is 1.39. The average Bonchev–Trinajstić information content (AvgIpc) is 3.64. The third-order valence-corrected chi connectivity index (χ3v) is 17.4. The van der Waals surface area contributed by atoms with Crippen molar-refractivity contribution in [2.24, 2.45) is 9.98 Å². The van der Waals surface area contributed by atoms with Crippen molar-refractivity contribution in [3.8, 4) is 0 Å². The Labute approximate surface area is 445 Å². The predicted molar refractivity (Wildman–Crippen MR) is 307 cm³/mol. The van der Waals surface area contributed by atoms with Crippen molar-refractivity contribution in [2.75, 3.05) is 52.2 Å². The van der Waals surface area contributed by atoms with E-state index in [9.17, 15) is 18.6 Å². The summed E-state index contributed by atoms with van der Waals surface area (Å²) in [5.74, 6) is 0. The molecule has 434 valence electrons. The number of aliphatic imine (C=N–C) groups is 2. The highest BCUT2D eigenvalue weighted by Gasteiger charge is 2.39. The Kier molecular flexibility index (Phi) is 44.7. The van der Waals surface area contributed by atoms with Gasteiger partial charge in [-0.1, -0.05) is 93.8 Å². The molecule has 22 heteroatoms. The van der Waals surface area contributed by atoms with Gasteiger partial charge in [-0.2, -0.15) is 0 Å². The first-order valence-corrected chi connectivity index (χ1v) is 30.8. The van der Waals surface area contributed by atoms with E-state index in [1.807, 2.05) is 46.8 Å². The standard InChI is InChI=1S/C16H30N2O.C12H29O7P3.C11H25N3O.C8H10N4O.4CH4/c1-13(2)19-16(17-14-9-5-3-6-10-14)18-15-11-7-4-8-12-15;1-6-9-20(13,14)18-22(16,11-8-3)19-21(15,10-7-2)17-12(4)5;1-6-12-11(15-10(2)3)13-8-7-9-14(4)5;1-6(2)13-12-8-7(10-11-12)4-3-5-9-8;;;;/h13-15H,3-12H2,1-2H3,(H,17,18);12H,6-11H2,1-5H3,(H,13,14);10H,6-9H2,1-5H3,(H,12,13);3-6H,1-2H3;4*1H4/p-1. The zero-order valence-electron chi connectivity index (χ0n) is 44.9. The van der Waals surface area contributed by atoms with Crippen molar-refractivity contribution >= 4 is 46.0 Å². The summed E-state index contributed by atoms with van der Waals surface area (Å²) < 4.78 is 63.9. The first kappa shape index (κ1) is 76.9. The van der Waals surface area contributed by atoms with Crippen LogP contribution in [0.25, 0.3) is 11.2 Å². The average molecular weight is 1100 g/mol. The monoisotopic (exact) mass is 1100 g/mol. The maximum Gasteiger partial charge on any atom is 0.342 e. The number of hydrogen-bond acceptors (Lipinski definition) is 16. The number of rotatable bonds is 23. The molecule has 0 aromatic carbocycles. The highest BCUT2D eigenvalue weighted by Crippen LogP contribution is 2.70. The molecular formula is C51H109N9O10P3-. The molecule has 2 heterocycles. The van der Waals surface area contributed by atoms with Crippen molar-refractivity contribution < 1.29 is 46.0 Å². The van der Waals surface area contributed by atoms with Gasteiger partial charge >= 0.3 is 15.2 Å². The molecule has 0 saturated heterocycles. The van der Waals surface area contributed by atoms with Crippen LogP contribution in [0.5, 0.6) is 0 Å². The SMILES string of the molecule is C.C.C.C.CC(C)OC(=NC1CCCCC1)NC1CCCCC1.CC(C)On1nnc2cccnc21.CCCP(=O)([O-])OP(=O)(CCC)OP(=O)(CCC)OC(C)C.CCNC(=NCCCN(C)C)OC(C)C. The van der Waals surface area contributed by atoms with Crippen LogP contribution in [-0.4, -0.2) is 126 Å². The lowest BCUT2D eigenvalue weighted by molar-refractivity contribution is -0.191. The number of aromatic nitrogens is 4. The summed E-state index contributed by atoms with van der Waals surface area (Å²) in [6.45, 7) is 25.3. The zero-order chi connectivity index (χ0) is 51.9. The topological polar surface area (TPSA) is 225 Å². The van der Waals surface area contributed by atoms with E-state index in [-0.39, 0.29) is 66.5 Å². The number of nitrogens with one attached hydrogen (secondary N) is 2. The molecule has 2 saturated carbocycles. The second-order valence-electron chi connectivity index (χ2n) is 18.7. The summed E-state index contributed by atoms with van der Waals surface area (Å²) in [5, 5.41) is 14.4. The van der Waals surface area contributed by atoms with Crippen molar-refractivity contribution in [1.82, 2.24) is 35.7 Å². The first-order valence-electron chi connectivity index (χ1n) is 25.6. The molecule has 3 unspecified atom stereocenters. The zero-order valence-corrected chi connectivity index (χ0v) is 47.6. The van der Waals surface area contributed by atoms with Gasteiger partial charge in [0.2, 0.25) is 5.65 Å². The fourth-order valence-corrected chi connectivity index (χ4v) is 14.3. The van der Waals surface area contributed by atoms with Crippen LogP contribution in [0.2, 0.25) is 0 Å². The lowest BCUT2D eigenvalue weighted by Gasteiger charge is -2.30. The molecule has 0 spiro atoms. The molecule has 2 fully saturated rings. The molecule has 0 radical (unpaired) electrons. The molecule has 0 aliphatic heterocycles. The minimum absolute atomic E-state index is 0. The van der Waals surface area contributed by atoms with Crippen LogP contribution in [0.15, 0.2) is 28.3 Å². The van der Waals surface area contributed by atoms with Gasteiger partial charge in [0.15, 0.2) is 0 Å². The van der Waals surface area contributed by atoms with Gasteiger partial charge in [-0.3, -0.25) is 13.4 Å². The van der Waals surface area contributed by atoms with Crippen LogP contribution in [0.3, 0.4) is 0 Å². The Morgan fingerprint density at radius 1 is 0.753 bits per heavy atom. The fraction of sp³-hybridized carbons (Fsp3) is 0.863. The van der Waals surface area contributed by atoms with Gasteiger partial charge in [-0.15, -0.1) is 5.10 Å². The van der Waals surface area contributed by atoms with Crippen molar-refractivity contribution in [2.45, 2.75) is 239 Å². The number of hydrogen-bond donors (Lipinski definition) is 2. The Bertz CT molecular complexity index is 1860. The molecule has 3 atom stereocenters. The second kappa shape index (κ2) is 42.5. The molecule has 4 rings (SSSR count). The third-order valence-electron chi connectivity index (χ3n) is 9.70. The molecule has 2 aliphatic carbocycles. The molecule has 2 aromatic heterocycles. The minimum Gasteiger partial charge on any atom is -0.778 e. The van der Waals surface area contributed by atoms with Gasteiger partial charge in [0.1, 0.15) is 19.2 Å². The maximum atomic E-state index is 12.7. The van der Waals surface area contributed by atoms with E-state index in [4.69, 9.17) is 32.4 Å². The van der Waals surface area contributed by atoms with Gasteiger partial charge in [-0.05, 0) is 152 Å². The maximum absolute atomic E-state index is 12.7. The number of nitrogens with zero attached hydrogens (tertiary/aromatic N) is 7. The van der Waals surface area contributed by atoms with Gasteiger partial charge < -0.3 is 43.8 Å². The molecule has 2 aliphatic rings. The van der Waals surface area contributed by atoms with Gasteiger partial charge in [0, 0.05) is 31.5 Å². The van der Waals surface area contributed by atoms with Gasteiger partial charge in [0.05, 0.1) is 36.7 Å². The molecule has 0 bridgehead atoms. The largest absolute Gasteiger partial charge is 0.778 e. The second-order valence-corrected chi connectivity index (χ2v) is 25.2. The smallest absolute Gasteiger partial charge is 0.342 e. The van der Waals surface area contributed by atoms with E-state index >= 15 is 0 Å². The van der Waals surface area contributed by atoms with Crippen LogP contribution in [-0.2, 0) is 36.3 Å². The number of pyridine rings is 1. The lowest BCUT2D eigenvalue weighted by atomic mass is 9.95. The summed E-state index contributed by atoms with van der Waals surface area (Å²) in [7, 11) is -7.88. The highest BCUT2D eigenvalue weighted by molar-refractivity contribution is 7.72. The Balaban J connectivity index is -0.000000434. The molecule has 73 heavy (non-hydrogen) atoms. The molecule has 19 nitrogen and oxygen atoms in total. The normalized spacial score (nSPS) is 16.8. The van der Waals surface area contributed by atoms with Crippen LogP contribution in [0, 0.1) is 0 Å². The van der Waals surface area contributed by atoms with E-state index < -0.39 is 28.9 Å². The van der Waals surface area contributed by atoms with Crippen molar-refractivity contribution in [3.63, 3.8) is 0 Å². The quantitative estimate of drug-likeness (QED) is 0.0456. The van der Waals surface area contributed by atoms with Crippen molar-refractivity contribution in [1.29, 1.82) is 0 Å². The summed E-state index contributed by atoms with van der Waals surface area (Å²) >= 11 is 0. The highest BCUT2D eigenvalue weighted by atomic mass is 31.3. The Morgan fingerprint density at radius 3 is 1.81 bits per heavy atom. The number of amidine groups is 2. The van der Waals surface area contributed by atoms with E-state index in [1.165, 1.54) is 69.1 Å². The number of ether oxygens (including phenoxy) is 2. The van der Waals surface area contributed by atoms with Gasteiger partial charge in [-0.25, -0.2) is 19.3 Å². The van der Waals surface area contributed by atoms with Gasteiger partial charge in [0.25, 0.3) is 12.0 Å². The van der Waals surface area contributed by atoms with Crippen LogP contribution >= 0.6 is 22.8 Å². The minimum atomic E-state index is -4.30. The lowest BCUT2D eigenvalue weighted by Crippen LogP contribution is -2.39. The molecule has 2 aromatic rings. The van der Waals surface area contributed by atoms with Crippen LogP contribution in [0.4, 0.5) is 0 Å². The van der Waals surface area contributed by atoms with Crippen LogP contribution < -0.4 is 20.4 Å². The molecule has 0 amide bonds. The first-order chi connectivity index (χ1) is 32.6. The summed E-state index contributed by atoms with van der Waals surface area (Å²) in [4.78, 5) is 34.0. The fourth-order valence-electron chi connectivity index (χ4n) is 6.99. The van der Waals surface area contributed by atoms with E-state index in [2.05, 4.69) is 63.8 Å². The Hall–Kier alpha value is -2.62. The summed E-state index contributed by atoms with van der Waals surface area (Å²) in [6, 6.07) is 6.21. The Morgan fingerprint density at radius 2 is 1.30 bits per heavy atom. The molecule has 2 N–H and O–H groups in total. The van der Waals surface area contributed by atoms with E-state index in [0.717, 1.165) is 37.6 Å². The number of fused-ring (bicyclic) bond motifs is 1. The van der Waals surface area contributed by atoms with E-state index in [0.29, 0.717) is 43.0 Å². The third kappa shape index (κ3) is 36.9. The van der Waals surface area contributed by atoms with Crippen molar-refractivity contribution in [3.05, 3.63) is 18.3 Å². The summed E-state index contributed by atoms with van der Waals surface area (Å²) in [6.07, 6.45) is 16.8. The molecular weight excluding hydrogens is 992 g/mol. The van der Waals surface area contributed by atoms with E-state index in [1.54, 1.807) is 40.8 Å². The predicted octanol–water partition coefficient (Wildman–Crippen LogP) is 13.2.